The fourth-order valence-corrected chi connectivity index (χ4v) is 7.17. The molecule has 10 nitrogen and oxygen atoms in total. The van der Waals surface area contributed by atoms with Gasteiger partial charge in [-0.1, -0.05) is 31.2 Å². The molecule has 1 aliphatic carbocycles. The number of fused-ring (bicyclic) bond motifs is 1. The van der Waals surface area contributed by atoms with Gasteiger partial charge in [0.15, 0.2) is 5.69 Å². The lowest BCUT2D eigenvalue weighted by Gasteiger charge is -2.43. The van der Waals surface area contributed by atoms with Crippen LogP contribution in [0.15, 0.2) is 65.6 Å². The molecule has 1 saturated carbocycles. The van der Waals surface area contributed by atoms with Gasteiger partial charge in [-0.25, -0.2) is 4.52 Å². The van der Waals surface area contributed by atoms with E-state index in [4.69, 9.17) is 28.6 Å². The number of rotatable bonds is 11. The molecule has 248 valence electrons. The summed E-state index contributed by atoms with van der Waals surface area (Å²) in [4.78, 5) is -0.0741. The molecule has 3 heterocycles. The highest BCUT2D eigenvalue weighted by Crippen LogP contribution is 2.45. The van der Waals surface area contributed by atoms with Gasteiger partial charge in [0.25, 0.3) is 10.1 Å². The first-order chi connectivity index (χ1) is 22.1. The number of quaternary nitrogens is 1. The number of methoxy groups -OCH3 is 3. The van der Waals surface area contributed by atoms with Crippen molar-refractivity contribution >= 4 is 21.3 Å². The molecule has 1 atom stereocenters. The fourth-order valence-electron chi connectivity index (χ4n) is 6.66. The molecule has 2 aliphatic rings. The van der Waals surface area contributed by atoms with Gasteiger partial charge in [-0.05, 0) is 61.2 Å². The molecule has 1 N–H and O–H groups in total. The molecule has 2 aromatic heterocycles. The van der Waals surface area contributed by atoms with E-state index < -0.39 is 10.1 Å². The van der Waals surface area contributed by atoms with Crippen molar-refractivity contribution in [3.63, 3.8) is 0 Å². The van der Waals surface area contributed by atoms with Crippen molar-refractivity contribution in [1.82, 2.24) is 14.1 Å². The van der Waals surface area contributed by atoms with E-state index >= 15 is 0 Å². The Labute approximate surface area is 272 Å². The van der Waals surface area contributed by atoms with Crippen LogP contribution in [-0.2, 0) is 32.6 Å². The highest BCUT2D eigenvalue weighted by Gasteiger charge is 2.44. The van der Waals surface area contributed by atoms with Crippen LogP contribution < -0.4 is 14.0 Å². The predicted octanol–water partition coefficient (Wildman–Crippen LogP) is 6.19. The highest BCUT2D eigenvalue weighted by atomic mass is 32.2. The van der Waals surface area contributed by atoms with Gasteiger partial charge in [0.1, 0.15) is 22.7 Å². The van der Waals surface area contributed by atoms with Crippen molar-refractivity contribution in [2.75, 3.05) is 48.1 Å². The van der Waals surface area contributed by atoms with Crippen LogP contribution in [0.5, 0.6) is 11.5 Å². The number of benzene rings is 2. The molecule has 0 radical (unpaired) electrons. The number of hydrogen-bond donors (Lipinski definition) is 1. The minimum absolute atomic E-state index is 0.0741. The maximum absolute atomic E-state index is 10.4. The smallest absolute Gasteiger partial charge is 0.294 e. The molecular formula is C35H46N3O7S+. The predicted molar refractivity (Wildman–Crippen MR) is 179 cm³/mol. The summed E-state index contributed by atoms with van der Waals surface area (Å²) in [6.45, 7) is 5.57. The Morgan fingerprint density at radius 3 is 2.13 bits per heavy atom. The zero-order valence-electron chi connectivity index (χ0n) is 27.4. The van der Waals surface area contributed by atoms with Crippen LogP contribution in [0.25, 0.3) is 16.8 Å². The van der Waals surface area contributed by atoms with Gasteiger partial charge in [-0.3, -0.25) is 9.04 Å². The maximum Gasteiger partial charge on any atom is 0.294 e. The molecule has 2 fully saturated rings. The second kappa shape index (κ2) is 14.5. The lowest BCUT2D eigenvalue weighted by Crippen LogP contribution is -2.57. The Morgan fingerprint density at radius 2 is 1.61 bits per heavy atom. The third kappa shape index (κ3) is 7.24. The normalized spacial score (nSPS) is 16.8. The first kappa shape index (κ1) is 33.9. The Kier molecular flexibility index (Phi) is 10.7. The van der Waals surface area contributed by atoms with Gasteiger partial charge in [0.05, 0.1) is 69.8 Å². The van der Waals surface area contributed by atoms with Gasteiger partial charge in [-0.2, -0.15) is 13.5 Å². The molecule has 2 aromatic carbocycles. The van der Waals surface area contributed by atoms with E-state index in [1.807, 2.05) is 12.1 Å². The summed E-state index contributed by atoms with van der Waals surface area (Å²) >= 11 is 0. The molecule has 4 aromatic rings. The average Bonchev–Trinajstić information content (AvgIpc) is 3.80. The van der Waals surface area contributed by atoms with E-state index in [-0.39, 0.29) is 4.90 Å². The van der Waals surface area contributed by atoms with E-state index in [2.05, 4.69) is 36.7 Å². The van der Waals surface area contributed by atoms with E-state index in [0.29, 0.717) is 12.6 Å². The summed E-state index contributed by atoms with van der Waals surface area (Å²) in [5, 5.41) is 5.24. The topological polar surface area (TPSA) is 109 Å². The zero-order chi connectivity index (χ0) is 32.9. The lowest BCUT2D eigenvalue weighted by atomic mass is 10.0. The van der Waals surface area contributed by atoms with Gasteiger partial charge < -0.3 is 18.9 Å². The van der Waals surface area contributed by atoms with Crippen LogP contribution >= 0.6 is 0 Å². The minimum atomic E-state index is -4.00. The first-order valence-corrected chi connectivity index (χ1v) is 17.3. The van der Waals surface area contributed by atoms with E-state index in [1.54, 1.807) is 39.5 Å². The maximum atomic E-state index is 10.4. The van der Waals surface area contributed by atoms with Crippen LogP contribution in [0.3, 0.4) is 0 Å². The number of aromatic nitrogens is 2. The molecule has 1 unspecified atom stereocenters. The second-order valence-electron chi connectivity index (χ2n) is 12.2. The SMILES string of the molecule is CCc1nn2c(-c3c(OC)cc(COC)cc3OC)cccc2c1[N+](C)(CC1CC1)C1CCOCC1.O=S(=O)(O)c1ccccc1. The molecule has 11 heteroatoms. The number of aryl methyl sites for hydroxylation is 1. The van der Waals surface area contributed by atoms with Gasteiger partial charge in [-0.15, -0.1) is 0 Å². The van der Waals surface area contributed by atoms with Crippen molar-refractivity contribution in [2.45, 2.75) is 56.6 Å². The second-order valence-corrected chi connectivity index (χ2v) is 13.6. The van der Waals surface area contributed by atoms with Crippen LogP contribution in [0.4, 0.5) is 5.69 Å². The third-order valence-electron chi connectivity index (χ3n) is 9.05. The molecule has 0 amide bonds. The largest absolute Gasteiger partial charge is 0.496 e. The van der Waals surface area contributed by atoms with Crippen molar-refractivity contribution in [3.05, 3.63) is 71.9 Å². The van der Waals surface area contributed by atoms with Crippen LogP contribution in [0, 0.1) is 5.92 Å². The summed E-state index contributed by atoms with van der Waals surface area (Å²) < 4.78 is 55.2. The lowest BCUT2D eigenvalue weighted by molar-refractivity contribution is 0.0436. The minimum Gasteiger partial charge on any atom is -0.496 e. The molecule has 0 bridgehead atoms. The molecule has 1 saturated heterocycles. The molecular weight excluding hydrogens is 606 g/mol. The summed E-state index contributed by atoms with van der Waals surface area (Å²) in [6, 6.07) is 18.5. The first-order valence-electron chi connectivity index (χ1n) is 15.8. The molecule has 46 heavy (non-hydrogen) atoms. The van der Waals surface area contributed by atoms with Gasteiger partial charge >= 0.3 is 0 Å². The quantitative estimate of drug-likeness (QED) is 0.151. The van der Waals surface area contributed by atoms with E-state index in [9.17, 15) is 8.42 Å². The number of pyridine rings is 1. The Bertz CT molecular complexity index is 1710. The Balaban J connectivity index is 0.000000356. The molecule has 6 rings (SSSR count). The highest BCUT2D eigenvalue weighted by molar-refractivity contribution is 7.85. The standard InChI is InChI=1S/C29H40N3O4.C6H6O3S/c1-6-23-29(32(2,18-20-10-11-20)22-12-14-36-15-13-22)25-9-7-8-24(31(25)30-23)28-26(34-4)16-21(19-33-3)17-27(28)35-5;7-10(8,9)6-4-2-1-3-5-6/h7-9,16-17,20,22H,6,10-15,18-19H2,1-5H3;1-5H,(H,7,8,9)/q+1;. The average molecular weight is 653 g/mol. The van der Waals surface area contributed by atoms with Gasteiger partial charge in [0, 0.05) is 25.9 Å². The third-order valence-corrected chi connectivity index (χ3v) is 9.92. The summed E-state index contributed by atoms with van der Waals surface area (Å²) in [5.41, 5.74) is 6.59. The van der Waals surface area contributed by atoms with E-state index in [0.717, 1.165) is 71.2 Å². The summed E-state index contributed by atoms with van der Waals surface area (Å²) in [6.07, 6.45) is 5.74. The van der Waals surface area contributed by atoms with Crippen LogP contribution in [-0.4, -0.2) is 76.8 Å². The summed E-state index contributed by atoms with van der Waals surface area (Å²) in [5.74, 6) is 2.31. The van der Waals surface area contributed by atoms with Crippen molar-refractivity contribution in [1.29, 1.82) is 0 Å². The Morgan fingerprint density at radius 1 is 0.957 bits per heavy atom. The molecule has 0 spiro atoms. The zero-order valence-corrected chi connectivity index (χ0v) is 28.3. The van der Waals surface area contributed by atoms with Crippen LogP contribution in [0.2, 0.25) is 0 Å². The Hall–Kier alpha value is -3.48. The summed E-state index contributed by atoms with van der Waals surface area (Å²) in [7, 11) is 3.54. The van der Waals surface area contributed by atoms with Crippen molar-refractivity contribution in [2.24, 2.45) is 5.92 Å². The molecule has 1 aliphatic heterocycles. The number of hydrogen-bond acceptors (Lipinski definition) is 7. The monoisotopic (exact) mass is 652 g/mol. The number of nitrogens with zero attached hydrogens (tertiary/aromatic N) is 3. The van der Waals surface area contributed by atoms with E-state index in [1.165, 1.54) is 48.4 Å². The van der Waals surface area contributed by atoms with Gasteiger partial charge in [0.2, 0.25) is 0 Å². The van der Waals surface area contributed by atoms with Crippen molar-refractivity contribution in [3.8, 4) is 22.8 Å². The fraction of sp³-hybridized carbons (Fsp3) is 0.457. The van der Waals surface area contributed by atoms with Crippen LogP contribution in [0.1, 0.15) is 43.9 Å². The number of ether oxygens (including phenoxy) is 4. The van der Waals surface area contributed by atoms with Crippen molar-refractivity contribution < 1.29 is 31.9 Å².